The van der Waals surface area contributed by atoms with Gasteiger partial charge in [0.2, 0.25) is 0 Å². The Morgan fingerprint density at radius 2 is 1.92 bits per heavy atom. The highest BCUT2D eigenvalue weighted by Gasteiger charge is 2.00. The van der Waals surface area contributed by atoms with Gasteiger partial charge >= 0.3 is 0 Å². The second-order valence-corrected chi connectivity index (χ2v) is 3.22. The second-order valence-electron chi connectivity index (χ2n) is 3.22. The highest BCUT2D eigenvalue weighted by Crippen LogP contribution is 2.16. The average molecular weight is 170 g/mol. The molecule has 0 amide bonds. The van der Waals surface area contributed by atoms with Gasteiger partial charge in [0.05, 0.1) is 0 Å². The van der Waals surface area contributed by atoms with Crippen LogP contribution in [0.2, 0.25) is 0 Å². The summed E-state index contributed by atoms with van der Waals surface area (Å²) >= 11 is 0. The van der Waals surface area contributed by atoms with Crippen molar-refractivity contribution >= 4 is 0 Å². The molecule has 0 aliphatic heterocycles. The first-order valence-electron chi connectivity index (χ1n) is 4.67. The van der Waals surface area contributed by atoms with Crippen molar-refractivity contribution in [2.45, 2.75) is 40.5 Å². The molecule has 12 heavy (non-hydrogen) atoms. The summed E-state index contributed by atoms with van der Waals surface area (Å²) in [7, 11) is 0. The van der Waals surface area contributed by atoms with Crippen LogP contribution in [0.1, 0.15) is 40.5 Å². The van der Waals surface area contributed by atoms with E-state index >= 15 is 0 Å². The van der Waals surface area contributed by atoms with E-state index in [9.17, 15) is 4.39 Å². The zero-order chi connectivity index (χ0) is 9.56. The van der Waals surface area contributed by atoms with Crippen LogP contribution < -0.4 is 0 Å². The highest BCUT2D eigenvalue weighted by atomic mass is 19.1. The Morgan fingerprint density at radius 1 is 1.33 bits per heavy atom. The van der Waals surface area contributed by atoms with Gasteiger partial charge in [-0.15, -0.1) is 0 Å². The summed E-state index contributed by atoms with van der Waals surface area (Å²) in [6.07, 6.45) is 4.96. The number of hydrogen-bond acceptors (Lipinski definition) is 0. The fourth-order valence-corrected chi connectivity index (χ4v) is 1.11. The first-order valence-corrected chi connectivity index (χ1v) is 4.67. The molecule has 0 aliphatic rings. The zero-order valence-electron chi connectivity index (χ0n) is 8.52. The van der Waals surface area contributed by atoms with Gasteiger partial charge < -0.3 is 0 Å². The third-order valence-corrected chi connectivity index (χ3v) is 1.87. The summed E-state index contributed by atoms with van der Waals surface area (Å²) < 4.78 is 13.0. The predicted octanol–water partition coefficient (Wildman–Crippen LogP) is 4.24. The smallest absolute Gasteiger partial charge is 0.119 e. The Hall–Kier alpha value is -0.590. The fraction of sp³-hybridized carbons (Fsp3) is 0.636. The second kappa shape index (κ2) is 5.99. The number of halogens is 1. The molecule has 0 aromatic rings. The van der Waals surface area contributed by atoms with Gasteiger partial charge in [-0.1, -0.05) is 33.3 Å². The topological polar surface area (TPSA) is 0 Å². The molecule has 0 atom stereocenters. The number of rotatable bonds is 4. The molecule has 0 fully saturated rings. The first kappa shape index (κ1) is 11.4. The van der Waals surface area contributed by atoms with E-state index in [1.807, 2.05) is 6.92 Å². The van der Waals surface area contributed by atoms with Crippen molar-refractivity contribution in [2.75, 3.05) is 0 Å². The maximum absolute atomic E-state index is 13.0. The Kier molecular flexibility index (Phi) is 5.69. The van der Waals surface area contributed by atoms with Gasteiger partial charge in [-0.05, 0) is 30.9 Å². The van der Waals surface area contributed by atoms with Gasteiger partial charge in [0.1, 0.15) is 5.83 Å². The third kappa shape index (κ3) is 4.32. The lowest BCUT2D eigenvalue weighted by Gasteiger charge is -2.07. The number of allylic oxidation sites excluding steroid dienone is 4. The maximum Gasteiger partial charge on any atom is 0.119 e. The van der Waals surface area contributed by atoms with Crippen molar-refractivity contribution < 1.29 is 4.39 Å². The normalized spacial score (nSPS) is 14.2. The van der Waals surface area contributed by atoms with Crippen LogP contribution >= 0.6 is 0 Å². The van der Waals surface area contributed by atoms with Gasteiger partial charge in [-0.3, -0.25) is 0 Å². The van der Waals surface area contributed by atoms with E-state index in [4.69, 9.17) is 0 Å². The summed E-state index contributed by atoms with van der Waals surface area (Å²) in [5.74, 6) is 0.356. The molecule has 0 N–H and O–H groups in total. The molecule has 0 aliphatic carbocycles. The van der Waals surface area contributed by atoms with Gasteiger partial charge in [-0.25, -0.2) is 4.39 Å². The van der Waals surface area contributed by atoms with Crippen molar-refractivity contribution in [3.63, 3.8) is 0 Å². The molecular formula is C11H19F. The average Bonchev–Trinajstić information content (AvgIpc) is 2.00. The summed E-state index contributed by atoms with van der Waals surface area (Å²) in [5.41, 5.74) is 1.18. The van der Waals surface area contributed by atoms with Crippen molar-refractivity contribution in [3.05, 3.63) is 23.6 Å². The lowest BCUT2D eigenvalue weighted by Crippen LogP contribution is -1.92. The molecule has 1 heteroatoms. The molecule has 70 valence electrons. The van der Waals surface area contributed by atoms with E-state index < -0.39 is 0 Å². The maximum atomic E-state index is 13.0. The van der Waals surface area contributed by atoms with E-state index in [2.05, 4.69) is 20.8 Å². The van der Waals surface area contributed by atoms with E-state index in [0.717, 1.165) is 12.8 Å². The van der Waals surface area contributed by atoms with E-state index in [1.54, 1.807) is 12.2 Å². The van der Waals surface area contributed by atoms with E-state index in [1.165, 1.54) is 5.57 Å². The van der Waals surface area contributed by atoms with E-state index in [0.29, 0.717) is 5.92 Å². The molecule has 0 spiro atoms. The quantitative estimate of drug-likeness (QED) is 0.553. The van der Waals surface area contributed by atoms with Crippen molar-refractivity contribution in [1.82, 2.24) is 0 Å². The van der Waals surface area contributed by atoms with Crippen LogP contribution in [0, 0.1) is 5.92 Å². The monoisotopic (exact) mass is 170 g/mol. The van der Waals surface area contributed by atoms with Gasteiger partial charge in [0.15, 0.2) is 0 Å². The molecule has 0 nitrogen and oxygen atoms in total. The van der Waals surface area contributed by atoms with Crippen molar-refractivity contribution in [3.8, 4) is 0 Å². The van der Waals surface area contributed by atoms with Crippen LogP contribution in [0.4, 0.5) is 4.39 Å². The van der Waals surface area contributed by atoms with Crippen molar-refractivity contribution in [2.24, 2.45) is 5.92 Å². The van der Waals surface area contributed by atoms with Crippen LogP contribution in [-0.4, -0.2) is 0 Å². The molecule has 0 saturated carbocycles. The van der Waals surface area contributed by atoms with Crippen LogP contribution in [0.5, 0.6) is 0 Å². The number of hydrogen-bond donors (Lipinski definition) is 0. The fourth-order valence-electron chi connectivity index (χ4n) is 1.11. The lowest BCUT2D eigenvalue weighted by molar-refractivity contribution is 0.647. The Morgan fingerprint density at radius 3 is 2.25 bits per heavy atom. The third-order valence-electron chi connectivity index (χ3n) is 1.87. The van der Waals surface area contributed by atoms with Crippen LogP contribution in [0.15, 0.2) is 23.6 Å². The van der Waals surface area contributed by atoms with Crippen LogP contribution in [0.25, 0.3) is 0 Å². The molecule has 0 radical (unpaired) electrons. The molecule has 0 saturated heterocycles. The molecule has 0 aromatic heterocycles. The van der Waals surface area contributed by atoms with Crippen LogP contribution in [0.3, 0.4) is 0 Å². The summed E-state index contributed by atoms with van der Waals surface area (Å²) in [5, 5.41) is 0. The minimum Gasteiger partial charge on any atom is -0.207 e. The Bertz CT molecular complexity index is 175. The minimum absolute atomic E-state index is 0.0944. The zero-order valence-corrected chi connectivity index (χ0v) is 8.52. The van der Waals surface area contributed by atoms with Crippen LogP contribution in [-0.2, 0) is 0 Å². The molecule has 0 aromatic carbocycles. The molecule has 0 unspecified atom stereocenters. The van der Waals surface area contributed by atoms with Gasteiger partial charge in [0.25, 0.3) is 0 Å². The Balaban J connectivity index is 4.37. The molecule has 0 bridgehead atoms. The minimum atomic E-state index is -0.0944. The summed E-state index contributed by atoms with van der Waals surface area (Å²) in [6, 6.07) is 0. The molecule has 0 rings (SSSR count). The first-order chi connectivity index (χ1) is 5.61. The van der Waals surface area contributed by atoms with Gasteiger partial charge in [-0.2, -0.15) is 0 Å². The van der Waals surface area contributed by atoms with Crippen molar-refractivity contribution in [1.29, 1.82) is 0 Å². The highest BCUT2D eigenvalue weighted by molar-refractivity contribution is 5.18. The Labute approximate surface area is 75.2 Å². The summed E-state index contributed by atoms with van der Waals surface area (Å²) in [6.45, 7) is 8.18. The molecule has 0 heterocycles. The lowest BCUT2D eigenvalue weighted by atomic mass is 10.0. The predicted molar refractivity (Wildman–Crippen MR) is 52.7 cm³/mol. The molecular weight excluding hydrogens is 151 g/mol. The SMILES string of the molecule is CC/C=C(F)\C=C(/CC)C(C)C. The summed E-state index contributed by atoms with van der Waals surface area (Å²) in [4.78, 5) is 0. The van der Waals surface area contributed by atoms with E-state index in [-0.39, 0.29) is 5.83 Å². The van der Waals surface area contributed by atoms with Gasteiger partial charge in [0, 0.05) is 0 Å². The largest absolute Gasteiger partial charge is 0.207 e. The standard InChI is InChI=1S/C11H19F/c1-5-7-11(12)8-10(6-2)9(3)4/h7-9H,5-6H2,1-4H3/b10-8+,11-7+.